The maximum atomic E-state index is 14.2. The Morgan fingerprint density at radius 1 is 0.963 bits per heavy atom. The van der Waals surface area contributed by atoms with Gasteiger partial charge in [0.2, 0.25) is 0 Å². The molecule has 5 bridgehead atoms. The first-order valence-electron chi connectivity index (χ1n) is 17.5. The van der Waals surface area contributed by atoms with Gasteiger partial charge >= 0.3 is 17.7 Å². The molecule has 0 aliphatic carbocycles. The smallest absolute Gasteiger partial charge is 0.337 e. The molecule has 5 rings (SSSR count). The number of hydrogen-bond acceptors (Lipinski definition) is 14. The largest absolute Gasteiger partial charge is 0.507 e. The summed E-state index contributed by atoms with van der Waals surface area (Å²) in [5.74, 6) is -9.62. The van der Waals surface area contributed by atoms with Crippen LogP contribution < -0.4 is 14.8 Å². The fraction of sp³-hybridized carbons (Fsp3) is 0.487. The van der Waals surface area contributed by atoms with E-state index in [2.05, 4.69) is 5.32 Å². The number of aliphatic hydroxyl groups excluding tert-OH is 3. The molecule has 2 aromatic carbocycles. The highest BCUT2D eigenvalue weighted by molar-refractivity contribution is 6.21. The number of anilines is 1. The number of aliphatic hydroxyl groups is 3. The lowest BCUT2D eigenvalue weighted by atomic mass is 9.78. The molecule has 3 aliphatic rings. The van der Waals surface area contributed by atoms with Crippen LogP contribution in [0.2, 0.25) is 0 Å². The molecule has 2 aromatic rings. The number of methoxy groups -OCH3 is 1. The Kier molecular flexibility index (Phi) is 12.8. The Labute approximate surface area is 312 Å². The first-order valence-corrected chi connectivity index (χ1v) is 17.5. The topological polar surface area (TPSA) is 228 Å². The number of nitrogens with one attached hydrogen (secondary N) is 1. The van der Waals surface area contributed by atoms with Crippen LogP contribution in [0.25, 0.3) is 10.8 Å². The van der Waals surface area contributed by atoms with Crippen molar-refractivity contribution >= 4 is 40.1 Å². The predicted octanol–water partition coefficient (Wildman–Crippen LogP) is 3.95. The second-order valence-corrected chi connectivity index (χ2v) is 14.0. The van der Waals surface area contributed by atoms with Gasteiger partial charge in [-0.05, 0) is 19.9 Å². The van der Waals surface area contributed by atoms with Crippen molar-refractivity contribution in [3.05, 3.63) is 53.3 Å². The molecule has 3 aliphatic heterocycles. The maximum Gasteiger partial charge on any atom is 0.337 e. The van der Waals surface area contributed by atoms with Crippen LogP contribution in [0.15, 0.2) is 42.2 Å². The van der Waals surface area contributed by atoms with Gasteiger partial charge in [-0.1, -0.05) is 45.9 Å². The van der Waals surface area contributed by atoms with Crippen molar-refractivity contribution in [3.8, 4) is 23.0 Å². The van der Waals surface area contributed by atoms with Gasteiger partial charge in [0.15, 0.2) is 5.75 Å². The molecule has 3 heterocycles. The zero-order valence-electron chi connectivity index (χ0n) is 31.7. The lowest BCUT2D eigenvalue weighted by molar-refractivity contribution is -0.160. The number of benzene rings is 2. The van der Waals surface area contributed by atoms with Gasteiger partial charge in [-0.3, -0.25) is 14.4 Å². The highest BCUT2D eigenvalue weighted by atomic mass is 16.7. The number of allylic oxidation sites excluding steroid dienone is 2. The summed E-state index contributed by atoms with van der Waals surface area (Å²) in [5, 5.41) is 56.9. The van der Waals surface area contributed by atoms with Crippen molar-refractivity contribution in [2.24, 2.45) is 23.7 Å². The van der Waals surface area contributed by atoms with Crippen LogP contribution in [0.3, 0.4) is 0 Å². The summed E-state index contributed by atoms with van der Waals surface area (Å²) in [5.41, 5.74) is -0.365. The van der Waals surface area contributed by atoms with Gasteiger partial charge in [-0.25, -0.2) is 4.79 Å². The van der Waals surface area contributed by atoms with Crippen LogP contribution in [0.4, 0.5) is 5.69 Å². The van der Waals surface area contributed by atoms with Crippen molar-refractivity contribution in [1.29, 1.82) is 0 Å². The van der Waals surface area contributed by atoms with Crippen molar-refractivity contribution < 1.29 is 68.4 Å². The van der Waals surface area contributed by atoms with E-state index in [4.69, 9.17) is 23.7 Å². The van der Waals surface area contributed by atoms with Gasteiger partial charge in [0.05, 0.1) is 41.2 Å². The van der Waals surface area contributed by atoms with E-state index in [0.717, 1.165) is 12.3 Å². The van der Waals surface area contributed by atoms with E-state index in [1.807, 2.05) is 0 Å². The molecule has 0 aromatic heterocycles. The lowest BCUT2D eigenvalue weighted by Crippen LogP contribution is -2.46. The Balaban J connectivity index is 1.94. The monoisotopic (exact) mass is 755 g/mol. The van der Waals surface area contributed by atoms with Crippen LogP contribution >= 0.6 is 0 Å². The highest BCUT2D eigenvalue weighted by Gasteiger charge is 2.50. The normalized spacial score (nSPS) is 30.0. The summed E-state index contributed by atoms with van der Waals surface area (Å²) in [7, 11) is 1.41. The number of amides is 1. The van der Waals surface area contributed by atoms with Crippen LogP contribution in [0, 0.1) is 30.6 Å². The molecular formula is C39H49NO14. The van der Waals surface area contributed by atoms with Gasteiger partial charge in [0.25, 0.3) is 11.7 Å². The average molecular weight is 756 g/mol. The Morgan fingerprint density at radius 2 is 1.63 bits per heavy atom. The average Bonchev–Trinajstić information content (AvgIpc) is 3.39. The van der Waals surface area contributed by atoms with Gasteiger partial charge in [-0.2, -0.15) is 0 Å². The number of ether oxygens (including phenoxy) is 5. The number of ketones is 1. The number of Topliss-reactive ketones (excluding diaryl/α,β-unsaturated/α-hetero) is 1. The van der Waals surface area contributed by atoms with Crippen molar-refractivity contribution in [3.63, 3.8) is 0 Å². The van der Waals surface area contributed by atoms with Crippen LogP contribution in [-0.2, 0) is 28.6 Å². The number of esters is 2. The zero-order valence-corrected chi connectivity index (χ0v) is 31.7. The molecule has 15 heteroatoms. The molecule has 6 N–H and O–H groups in total. The first kappa shape index (κ1) is 41.8. The van der Waals surface area contributed by atoms with Gasteiger partial charge < -0.3 is 54.5 Å². The van der Waals surface area contributed by atoms with E-state index in [0.29, 0.717) is 0 Å². The molecule has 15 nitrogen and oxygen atoms in total. The number of carbonyl (C=O) groups is 4. The third-order valence-corrected chi connectivity index (χ3v) is 10.2. The zero-order chi connectivity index (χ0) is 40.4. The van der Waals surface area contributed by atoms with Crippen molar-refractivity contribution in [2.45, 2.75) is 85.6 Å². The number of aromatic hydroxyl groups is 2. The molecule has 0 saturated heterocycles. The van der Waals surface area contributed by atoms with E-state index in [-0.39, 0.29) is 38.9 Å². The summed E-state index contributed by atoms with van der Waals surface area (Å²) in [6, 6.07) is 1.07. The van der Waals surface area contributed by atoms with E-state index in [1.54, 1.807) is 39.8 Å². The SMILES string of the molecule is COC1C=COC2(C)Oc3c(C)c(O)c4c(O)c(cc(OC(=O)CO)c4c3C2=O)NC(=O)C(C)=C/C=C/C(C)C(O)C(C)C(O)C(C)C(OC(C)=O)C1C. The summed E-state index contributed by atoms with van der Waals surface area (Å²) >= 11 is 0. The minimum atomic E-state index is -2.07. The first-order chi connectivity index (χ1) is 25.3. The van der Waals surface area contributed by atoms with Crippen LogP contribution in [0.5, 0.6) is 23.0 Å². The maximum absolute atomic E-state index is 14.2. The standard InChI is InChI=1S/C39H49NO14/c1-17-11-10-12-18(2)38(49)40-24-15-26(53-27(43)16-41)28-29(34(24)47)33(46)22(6)36-30(28)37(48)39(8,54-36)51-14-13-25(50-9)19(3)35(52-23(7)42)21(5)32(45)20(4)31(17)44/h10-15,17,19-21,25,31-32,35,41,44-47H,16H2,1-9H3,(H,40,49)/b11-10+,14-13?,18-12?. The molecule has 9 unspecified atom stereocenters. The number of rotatable bonds is 4. The summed E-state index contributed by atoms with van der Waals surface area (Å²) in [6.07, 6.45) is 3.32. The van der Waals surface area contributed by atoms with E-state index >= 15 is 0 Å². The van der Waals surface area contributed by atoms with Gasteiger partial charge in [0, 0.05) is 67.2 Å². The molecule has 9 atom stereocenters. The number of hydrogen-bond donors (Lipinski definition) is 6. The third kappa shape index (κ3) is 8.09. The predicted molar refractivity (Wildman–Crippen MR) is 195 cm³/mol. The second-order valence-electron chi connectivity index (χ2n) is 14.0. The molecule has 1 amide bonds. The molecule has 294 valence electrons. The van der Waals surface area contributed by atoms with Gasteiger partial charge in [-0.15, -0.1) is 0 Å². The quantitative estimate of drug-likeness (QED) is 0.148. The molecule has 0 fully saturated rings. The van der Waals surface area contributed by atoms with Gasteiger partial charge in [0.1, 0.15) is 30.0 Å². The number of phenols is 2. The van der Waals surface area contributed by atoms with E-state index in [1.165, 1.54) is 47.0 Å². The van der Waals surface area contributed by atoms with Crippen LogP contribution in [0.1, 0.15) is 64.4 Å². The van der Waals surface area contributed by atoms with E-state index in [9.17, 15) is 44.7 Å². The number of fused-ring (bicyclic) bond motifs is 14. The van der Waals surface area contributed by atoms with Crippen LogP contribution in [-0.4, -0.2) is 93.1 Å². The molecular weight excluding hydrogens is 706 g/mol. The fourth-order valence-electron chi connectivity index (χ4n) is 6.87. The summed E-state index contributed by atoms with van der Waals surface area (Å²) in [6.45, 7) is 11.2. The highest BCUT2D eigenvalue weighted by Crippen LogP contribution is 2.54. The van der Waals surface area contributed by atoms with E-state index < -0.39 is 101 Å². The number of phenolic OH excluding ortho intramolecular Hbond substituents is 2. The minimum Gasteiger partial charge on any atom is -0.507 e. The molecule has 0 saturated carbocycles. The Bertz CT molecular complexity index is 1900. The summed E-state index contributed by atoms with van der Waals surface area (Å²) in [4.78, 5) is 52.2. The minimum absolute atomic E-state index is 0.0118. The van der Waals surface area contributed by atoms with Crippen molar-refractivity contribution in [2.75, 3.05) is 19.0 Å². The molecule has 0 spiro atoms. The molecule has 54 heavy (non-hydrogen) atoms. The third-order valence-electron chi connectivity index (χ3n) is 10.2. The number of carbonyl (C=O) groups excluding carboxylic acids is 4. The fourth-order valence-corrected chi connectivity index (χ4v) is 6.87. The Morgan fingerprint density at radius 3 is 2.24 bits per heavy atom. The second kappa shape index (κ2) is 16.6. The lowest BCUT2D eigenvalue weighted by Gasteiger charge is -2.38. The Hall–Kier alpha value is -4.96. The summed E-state index contributed by atoms with van der Waals surface area (Å²) < 4.78 is 28.7. The van der Waals surface area contributed by atoms with Crippen molar-refractivity contribution in [1.82, 2.24) is 0 Å². The molecule has 0 radical (unpaired) electrons.